The van der Waals surface area contributed by atoms with E-state index in [1.807, 2.05) is 12.1 Å². The molecular formula is C22H23NO2. The molecule has 2 N–H and O–H groups in total. The molecule has 0 spiro atoms. The summed E-state index contributed by atoms with van der Waals surface area (Å²) in [5, 5.41) is 13.0. The van der Waals surface area contributed by atoms with Crippen LogP contribution in [0.1, 0.15) is 57.9 Å². The summed E-state index contributed by atoms with van der Waals surface area (Å²) in [5.41, 5.74) is 6.60. The zero-order chi connectivity index (χ0) is 17.6. The molecule has 0 saturated heterocycles. The van der Waals surface area contributed by atoms with Crippen LogP contribution in [0.2, 0.25) is 0 Å². The highest BCUT2D eigenvalue weighted by Crippen LogP contribution is 2.50. The number of carboxylic acid groups (broad SMARTS) is 1. The Hall–Kier alpha value is -2.55. The summed E-state index contributed by atoms with van der Waals surface area (Å²) in [6.45, 7) is 4.23. The van der Waals surface area contributed by atoms with Crippen molar-refractivity contribution < 1.29 is 9.90 Å². The molecule has 1 aliphatic carbocycles. The Morgan fingerprint density at radius 2 is 2.04 bits per heavy atom. The molecule has 2 aromatic carbocycles. The third kappa shape index (κ3) is 2.64. The lowest BCUT2D eigenvalue weighted by molar-refractivity contribution is 0.0696. The molecule has 1 aliphatic heterocycles. The molecule has 0 amide bonds. The van der Waals surface area contributed by atoms with E-state index in [9.17, 15) is 9.90 Å². The summed E-state index contributed by atoms with van der Waals surface area (Å²) in [5.74, 6) is 0.0550. The molecule has 0 aromatic heterocycles. The Morgan fingerprint density at radius 1 is 1.20 bits per heavy atom. The second-order valence-electron chi connectivity index (χ2n) is 7.14. The molecule has 1 unspecified atom stereocenters. The van der Waals surface area contributed by atoms with E-state index in [-0.39, 0.29) is 6.04 Å². The van der Waals surface area contributed by atoms with Crippen LogP contribution >= 0.6 is 0 Å². The molecule has 0 saturated carbocycles. The number of aromatic carboxylic acids is 1. The Labute approximate surface area is 148 Å². The van der Waals surface area contributed by atoms with E-state index in [2.05, 4.69) is 49.5 Å². The van der Waals surface area contributed by atoms with E-state index < -0.39 is 5.97 Å². The fourth-order valence-corrected chi connectivity index (χ4v) is 4.37. The third-order valence-corrected chi connectivity index (χ3v) is 5.62. The number of anilines is 1. The second kappa shape index (κ2) is 6.07. The van der Waals surface area contributed by atoms with Gasteiger partial charge in [-0.05, 0) is 60.6 Å². The normalized spacial score (nSPS) is 23.7. The number of carboxylic acids is 1. The Morgan fingerprint density at radius 3 is 2.80 bits per heavy atom. The van der Waals surface area contributed by atoms with Gasteiger partial charge in [-0.2, -0.15) is 0 Å². The minimum Gasteiger partial charge on any atom is -0.478 e. The molecule has 0 radical (unpaired) electrons. The summed E-state index contributed by atoms with van der Waals surface area (Å²) in [7, 11) is 0. The number of aryl methyl sites for hydroxylation is 2. The Balaban J connectivity index is 1.79. The summed E-state index contributed by atoms with van der Waals surface area (Å²) >= 11 is 0. The fourth-order valence-electron chi connectivity index (χ4n) is 4.37. The number of rotatable bonds is 3. The predicted molar refractivity (Wildman–Crippen MR) is 100 cm³/mol. The van der Waals surface area contributed by atoms with Crippen molar-refractivity contribution in [2.24, 2.45) is 5.92 Å². The van der Waals surface area contributed by atoms with Crippen molar-refractivity contribution in [2.45, 2.75) is 38.6 Å². The van der Waals surface area contributed by atoms with Gasteiger partial charge in [-0.1, -0.05) is 42.8 Å². The number of allylic oxidation sites excluding steroid dienone is 2. The van der Waals surface area contributed by atoms with Gasteiger partial charge in [-0.25, -0.2) is 4.79 Å². The largest absolute Gasteiger partial charge is 0.478 e. The maximum absolute atomic E-state index is 11.3. The van der Waals surface area contributed by atoms with Gasteiger partial charge in [0, 0.05) is 11.6 Å². The lowest BCUT2D eigenvalue weighted by Gasteiger charge is -2.38. The summed E-state index contributed by atoms with van der Waals surface area (Å²) in [6.07, 6.45) is 6.52. The van der Waals surface area contributed by atoms with Crippen molar-refractivity contribution in [3.05, 3.63) is 76.4 Å². The number of nitrogens with one attached hydrogen (secondary N) is 1. The monoisotopic (exact) mass is 333 g/mol. The van der Waals surface area contributed by atoms with Gasteiger partial charge in [0.2, 0.25) is 0 Å². The van der Waals surface area contributed by atoms with E-state index in [1.54, 1.807) is 6.07 Å². The van der Waals surface area contributed by atoms with Crippen LogP contribution in [-0.2, 0) is 6.42 Å². The SMILES string of the molecule is CCc1cc(C(=O)O)ccc1C1Nc2ccc(C)cc2[C@@H]2C=CC[C@H]12. The van der Waals surface area contributed by atoms with Gasteiger partial charge in [0.25, 0.3) is 0 Å². The van der Waals surface area contributed by atoms with Gasteiger partial charge < -0.3 is 10.4 Å². The molecule has 3 heteroatoms. The van der Waals surface area contributed by atoms with Crippen LogP contribution in [-0.4, -0.2) is 11.1 Å². The Bertz CT molecular complexity index is 868. The maximum atomic E-state index is 11.3. The standard InChI is InChI=1S/C22H23NO2/c1-3-14-12-15(22(24)25)8-9-16(14)21-18-6-4-5-17(18)19-11-13(2)7-10-20(19)23-21/h4-5,7-12,17-18,21,23H,3,6H2,1-2H3,(H,24,25)/t17-,18+,21?/m1/s1. The molecule has 0 fully saturated rings. The van der Waals surface area contributed by atoms with Crippen LogP contribution in [0.3, 0.4) is 0 Å². The van der Waals surface area contributed by atoms with Gasteiger partial charge in [-0.15, -0.1) is 0 Å². The summed E-state index contributed by atoms with van der Waals surface area (Å²) in [6, 6.07) is 12.4. The van der Waals surface area contributed by atoms with Gasteiger partial charge in [0.05, 0.1) is 11.6 Å². The average Bonchev–Trinajstić information content (AvgIpc) is 3.10. The molecule has 128 valence electrons. The molecule has 3 atom stereocenters. The van der Waals surface area contributed by atoms with Crippen molar-refractivity contribution >= 4 is 11.7 Å². The number of fused-ring (bicyclic) bond motifs is 3. The van der Waals surface area contributed by atoms with Crippen molar-refractivity contribution in [3.8, 4) is 0 Å². The number of benzene rings is 2. The number of carbonyl (C=O) groups is 1. The van der Waals surface area contributed by atoms with Crippen LogP contribution in [0.5, 0.6) is 0 Å². The van der Waals surface area contributed by atoms with Crippen LogP contribution in [0.25, 0.3) is 0 Å². The quantitative estimate of drug-likeness (QED) is 0.770. The maximum Gasteiger partial charge on any atom is 0.335 e. The van der Waals surface area contributed by atoms with Crippen molar-refractivity contribution in [1.82, 2.24) is 0 Å². The smallest absolute Gasteiger partial charge is 0.335 e. The predicted octanol–water partition coefficient (Wildman–Crippen LogP) is 5.08. The molecule has 4 rings (SSSR count). The third-order valence-electron chi connectivity index (χ3n) is 5.62. The van der Waals surface area contributed by atoms with Gasteiger partial charge in [-0.3, -0.25) is 0 Å². The number of hydrogen-bond acceptors (Lipinski definition) is 2. The summed E-state index contributed by atoms with van der Waals surface area (Å²) in [4.78, 5) is 11.3. The first kappa shape index (κ1) is 15.9. The lowest BCUT2D eigenvalue weighted by Crippen LogP contribution is -2.30. The minimum absolute atomic E-state index is 0.216. The van der Waals surface area contributed by atoms with E-state index in [0.29, 0.717) is 17.4 Å². The molecule has 2 aliphatic rings. The van der Waals surface area contributed by atoms with Crippen molar-refractivity contribution in [2.75, 3.05) is 5.32 Å². The zero-order valence-electron chi connectivity index (χ0n) is 14.6. The van der Waals surface area contributed by atoms with E-state index in [0.717, 1.165) is 18.4 Å². The lowest BCUT2D eigenvalue weighted by atomic mass is 9.75. The molecular weight excluding hydrogens is 310 g/mol. The topological polar surface area (TPSA) is 49.3 Å². The Kier molecular flexibility index (Phi) is 3.87. The van der Waals surface area contributed by atoms with E-state index in [1.165, 1.54) is 22.4 Å². The highest BCUT2D eigenvalue weighted by atomic mass is 16.4. The molecule has 3 nitrogen and oxygen atoms in total. The second-order valence-corrected chi connectivity index (χ2v) is 7.14. The minimum atomic E-state index is -0.862. The van der Waals surface area contributed by atoms with Gasteiger partial charge in [0.15, 0.2) is 0 Å². The highest BCUT2D eigenvalue weighted by molar-refractivity contribution is 5.88. The first-order valence-electron chi connectivity index (χ1n) is 8.98. The highest BCUT2D eigenvalue weighted by Gasteiger charge is 2.38. The van der Waals surface area contributed by atoms with Crippen LogP contribution < -0.4 is 5.32 Å². The zero-order valence-corrected chi connectivity index (χ0v) is 14.6. The first-order chi connectivity index (χ1) is 12.1. The van der Waals surface area contributed by atoms with Crippen LogP contribution in [0, 0.1) is 12.8 Å². The van der Waals surface area contributed by atoms with E-state index >= 15 is 0 Å². The van der Waals surface area contributed by atoms with Crippen molar-refractivity contribution in [1.29, 1.82) is 0 Å². The molecule has 25 heavy (non-hydrogen) atoms. The van der Waals surface area contributed by atoms with Crippen molar-refractivity contribution in [3.63, 3.8) is 0 Å². The number of hydrogen-bond donors (Lipinski definition) is 2. The molecule has 2 aromatic rings. The van der Waals surface area contributed by atoms with Gasteiger partial charge in [0.1, 0.15) is 0 Å². The summed E-state index contributed by atoms with van der Waals surface area (Å²) < 4.78 is 0. The van der Waals surface area contributed by atoms with Crippen LogP contribution in [0.15, 0.2) is 48.6 Å². The fraction of sp³-hybridized carbons (Fsp3) is 0.318. The van der Waals surface area contributed by atoms with E-state index in [4.69, 9.17) is 0 Å². The average molecular weight is 333 g/mol. The van der Waals surface area contributed by atoms with Crippen LogP contribution in [0.4, 0.5) is 5.69 Å². The first-order valence-corrected chi connectivity index (χ1v) is 8.98. The van der Waals surface area contributed by atoms with Gasteiger partial charge >= 0.3 is 5.97 Å². The molecule has 0 bridgehead atoms. The molecule has 1 heterocycles.